The van der Waals surface area contributed by atoms with Crippen molar-refractivity contribution in [2.75, 3.05) is 21.1 Å². The molecule has 0 aliphatic rings. The number of rotatable bonds is 12. The number of likely N-dealkylation sites (N-methyl/N-ethyl adjacent to an activating group) is 1. The topological polar surface area (TPSA) is 17.1 Å². The van der Waals surface area contributed by atoms with Crippen molar-refractivity contribution >= 4 is 5.78 Å². The molecule has 0 fully saturated rings. The van der Waals surface area contributed by atoms with Crippen LogP contribution in [0.5, 0.6) is 0 Å². The average Bonchev–Trinajstić information content (AvgIpc) is 2.34. The van der Waals surface area contributed by atoms with Gasteiger partial charge in [-0.2, -0.15) is 0 Å². The van der Waals surface area contributed by atoms with Gasteiger partial charge >= 0.3 is 0 Å². The van der Waals surface area contributed by atoms with Gasteiger partial charge in [0.2, 0.25) is 5.78 Å². The Labute approximate surface area is 143 Å². The van der Waals surface area contributed by atoms with Crippen LogP contribution in [0.4, 0.5) is 0 Å². The molecule has 1 unspecified atom stereocenters. The fourth-order valence-corrected chi connectivity index (χ4v) is 2.63. The lowest BCUT2D eigenvalue weighted by molar-refractivity contribution is -0.886. The van der Waals surface area contributed by atoms with Crippen LogP contribution < -0.4 is 17.0 Å². The molecule has 0 saturated carbocycles. The van der Waals surface area contributed by atoms with Crippen molar-refractivity contribution in [3.8, 4) is 0 Å². The van der Waals surface area contributed by atoms with Crippen LogP contribution in [0.2, 0.25) is 0 Å². The molecule has 0 aliphatic carbocycles. The van der Waals surface area contributed by atoms with E-state index in [4.69, 9.17) is 0 Å². The van der Waals surface area contributed by atoms with E-state index < -0.39 is 0 Å². The molecule has 0 saturated heterocycles. The summed E-state index contributed by atoms with van der Waals surface area (Å²) in [6.07, 6.45) is 11.5. The molecule has 3 heteroatoms. The Morgan fingerprint density at radius 1 is 0.952 bits per heavy atom. The van der Waals surface area contributed by atoms with Gasteiger partial charge in [0.15, 0.2) is 6.04 Å². The molecule has 0 radical (unpaired) electrons. The Morgan fingerprint density at radius 2 is 1.38 bits per heavy atom. The molecular formula is C18H36BrNO. The number of Topliss-reactive ketones (excluding diaryl/α,β-unsaturated/α-hetero) is 1. The first-order valence-corrected chi connectivity index (χ1v) is 8.31. The first-order chi connectivity index (χ1) is 9.30. The summed E-state index contributed by atoms with van der Waals surface area (Å²) in [6, 6.07) is 0.0765. The molecule has 126 valence electrons. The highest BCUT2D eigenvalue weighted by molar-refractivity contribution is 5.97. The van der Waals surface area contributed by atoms with Crippen LogP contribution in [0.3, 0.4) is 0 Å². The normalized spacial score (nSPS) is 12.6. The molecule has 0 aliphatic heterocycles. The Hall–Kier alpha value is -0.150. The Balaban J connectivity index is 0. The number of ketones is 1. The summed E-state index contributed by atoms with van der Waals surface area (Å²) in [4.78, 5) is 12.2. The van der Waals surface area contributed by atoms with Crippen LogP contribution in [-0.4, -0.2) is 37.5 Å². The van der Waals surface area contributed by atoms with Gasteiger partial charge in [0.1, 0.15) is 0 Å². The van der Waals surface area contributed by atoms with E-state index in [9.17, 15) is 4.79 Å². The van der Waals surface area contributed by atoms with Crippen molar-refractivity contribution in [3.63, 3.8) is 0 Å². The van der Waals surface area contributed by atoms with E-state index in [0.717, 1.165) is 12.8 Å². The molecule has 21 heavy (non-hydrogen) atoms. The molecule has 0 aromatic carbocycles. The lowest BCUT2D eigenvalue weighted by Gasteiger charge is -2.33. The lowest BCUT2D eigenvalue weighted by Crippen LogP contribution is -3.00. The molecular weight excluding hydrogens is 326 g/mol. The average molecular weight is 362 g/mol. The third-order valence-corrected chi connectivity index (χ3v) is 3.99. The lowest BCUT2D eigenvalue weighted by atomic mass is 9.97. The molecule has 0 bridgehead atoms. The molecule has 0 N–H and O–H groups in total. The zero-order valence-electron chi connectivity index (χ0n) is 14.9. The fraction of sp³-hybridized carbons (Fsp3) is 0.833. The number of hydrogen-bond donors (Lipinski definition) is 0. The van der Waals surface area contributed by atoms with Crippen molar-refractivity contribution in [1.82, 2.24) is 0 Å². The summed E-state index contributed by atoms with van der Waals surface area (Å²) in [6.45, 7) is 7.90. The molecule has 0 spiro atoms. The standard InChI is InChI=1S/C18H36NO.BrH/c1-7-8-9-10-11-12-13-14-15-17(19(4,5)6)18(20)16(2)3;/h17H,2,7-15H2,1,3-6H3;1H/q+1;/p-1. The minimum atomic E-state index is 0. The SMILES string of the molecule is C=C(C)C(=O)C(CCCCCCCCCC)[N+](C)(C)C.[Br-]. The molecule has 0 rings (SSSR count). The van der Waals surface area contributed by atoms with Gasteiger partial charge in [-0.05, 0) is 18.9 Å². The van der Waals surface area contributed by atoms with Gasteiger partial charge in [0.05, 0.1) is 21.1 Å². The van der Waals surface area contributed by atoms with Crippen LogP contribution >= 0.6 is 0 Å². The van der Waals surface area contributed by atoms with Crippen LogP contribution in [0.15, 0.2) is 12.2 Å². The summed E-state index contributed by atoms with van der Waals surface area (Å²) < 4.78 is 0.711. The Kier molecular flexibility index (Phi) is 13.7. The zero-order chi connectivity index (χ0) is 15.6. The predicted molar refractivity (Wildman–Crippen MR) is 88.9 cm³/mol. The maximum absolute atomic E-state index is 12.2. The number of carbonyl (C=O) groups is 1. The van der Waals surface area contributed by atoms with Gasteiger partial charge in [0.25, 0.3) is 0 Å². The highest BCUT2D eigenvalue weighted by Crippen LogP contribution is 2.17. The molecule has 0 aromatic rings. The maximum atomic E-state index is 12.2. The van der Waals surface area contributed by atoms with Gasteiger partial charge in [-0.15, -0.1) is 0 Å². The second kappa shape index (κ2) is 12.4. The van der Waals surface area contributed by atoms with E-state index in [1.165, 1.54) is 44.9 Å². The van der Waals surface area contributed by atoms with Crippen molar-refractivity contribution in [1.29, 1.82) is 0 Å². The minimum Gasteiger partial charge on any atom is -1.00 e. The molecule has 2 nitrogen and oxygen atoms in total. The van der Waals surface area contributed by atoms with E-state index in [1.54, 1.807) is 0 Å². The second-order valence-electron chi connectivity index (χ2n) is 7.04. The second-order valence-corrected chi connectivity index (χ2v) is 7.04. The van der Waals surface area contributed by atoms with Crippen LogP contribution in [0.25, 0.3) is 0 Å². The van der Waals surface area contributed by atoms with Crippen molar-refractivity contribution in [3.05, 3.63) is 12.2 Å². The van der Waals surface area contributed by atoms with Gasteiger partial charge in [-0.3, -0.25) is 4.79 Å². The summed E-state index contributed by atoms with van der Waals surface area (Å²) >= 11 is 0. The largest absolute Gasteiger partial charge is 1.00 e. The first-order valence-electron chi connectivity index (χ1n) is 8.31. The fourth-order valence-electron chi connectivity index (χ4n) is 2.63. The summed E-state index contributed by atoms with van der Waals surface area (Å²) in [5.41, 5.74) is 0.697. The molecule has 0 amide bonds. The molecule has 1 atom stereocenters. The third kappa shape index (κ3) is 11.1. The Bertz CT molecular complexity index is 294. The van der Waals surface area contributed by atoms with Gasteiger partial charge in [-0.1, -0.05) is 58.4 Å². The Morgan fingerprint density at radius 3 is 1.76 bits per heavy atom. The van der Waals surface area contributed by atoms with Crippen LogP contribution in [0, 0.1) is 0 Å². The van der Waals surface area contributed by atoms with Crippen molar-refractivity contribution < 1.29 is 26.3 Å². The number of nitrogens with zero attached hydrogens (tertiary/aromatic N) is 1. The van der Waals surface area contributed by atoms with Crippen molar-refractivity contribution in [2.24, 2.45) is 0 Å². The third-order valence-electron chi connectivity index (χ3n) is 3.99. The monoisotopic (exact) mass is 361 g/mol. The number of quaternary nitrogens is 1. The van der Waals surface area contributed by atoms with Gasteiger partial charge < -0.3 is 21.5 Å². The first kappa shape index (κ1) is 23.1. The van der Waals surface area contributed by atoms with Crippen LogP contribution in [-0.2, 0) is 4.79 Å². The quantitative estimate of drug-likeness (QED) is 0.294. The van der Waals surface area contributed by atoms with E-state index >= 15 is 0 Å². The number of carbonyl (C=O) groups excluding carboxylic acids is 1. The molecule has 0 aromatic heterocycles. The van der Waals surface area contributed by atoms with Crippen LogP contribution in [0.1, 0.15) is 71.6 Å². The summed E-state index contributed by atoms with van der Waals surface area (Å²) in [5, 5.41) is 0. The zero-order valence-corrected chi connectivity index (χ0v) is 16.5. The smallest absolute Gasteiger partial charge is 0.215 e. The van der Waals surface area contributed by atoms with Gasteiger partial charge in [0, 0.05) is 6.42 Å². The summed E-state index contributed by atoms with van der Waals surface area (Å²) in [7, 11) is 6.32. The molecule has 0 heterocycles. The number of unbranched alkanes of at least 4 members (excludes halogenated alkanes) is 7. The highest BCUT2D eigenvalue weighted by Gasteiger charge is 2.30. The van der Waals surface area contributed by atoms with E-state index in [0.29, 0.717) is 10.1 Å². The predicted octanol–water partition coefficient (Wildman–Crippen LogP) is 1.74. The van der Waals surface area contributed by atoms with E-state index in [1.807, 2.05) is 6.92 Å². The highest BCUT2D eigenvalue weighted by atomic mass is 79.9. The number of hydrogen-bond acceptors (Lipinski definition) is 1. The van der Waals surface area contributed by atoms with E-state index in [-0.39, 0.29) is 28.8 Å². The minimum absolute atomic E-state index is 0. The van der Waals surface area contributed by atoms with Gasteiger partial charge in [-0.25, -0.2) is 0 Å². The summed E-state index contributed by atoms with van der Waals surface area (Å²) in [5.74, 6) is 0.237. The van der Waals surface area contributed by atoms with Crippen molar-refractivity contribution in [2.45, 2.75) is 77.7 Å². The van der Waals surface area contributed by atoms with E-state index in [2.05, 4.69) is 34.6 Å². The maximum Gasteiger partial charge on any atom is 0.215 e. The number of halogens is 1.